The second-order valence-corrected chi connectivity index (χ2v) is 5.85. The molecule has 0 fully saturated rings. The molecule has 0 aliphatic heterocycles. The van der Waals surface area contributed by atoms with Gasteiger partial charge in [-0.2, -0.15) is 0 Å². The van der Waals surface area contributed by atoms with Gasteiger partial charge in [-0.3, -0.25) is 4.79 Å². The van der Waals surface area contributed by atoms with Crippen LogP contribution >= 0.6 is 11.6 Å². The first-order chi connectivity index (χ1) is 11.6. The van der Waals surface area contributed by atoms with Crippen molar-refractivity contribution in [2.24, 2.45) is 0 Å². The molecule has 3 rings (SSSR count). The number of aliphatic hydroxyl groups excluding tert-OH is 1. The van der Waals surface area contributed by atoms with Crippen LogP contribution in [0.5, 0.6) is 0 Å². The van der Waals surface area contributed by atoms with Crippen molar-refractivity contribution in [1.82, 2.24) is 5.32 Å². The van der Waals surface area contributed by atoms with Crippen molar-refractivity contribution in [2.45, 2.75) is 12.5 Å². The van der Waals surface area contributed by atoms with Crippen molar-refractivity contribution in [1.29, 1.82) is 0 Å². The highest BCUT2D eigenvalue weighted by Crippen LogP contribution is 2.27. The average molecular weight is 348 g/mol. The van der Waals surface area contributed by atoms with Gasteiger partial charge in [0.25, 0.3) is 5.91 Å². The van der Waals surface area contributed by atoms with Crippen LogP contribution in [0.2, 0.25) is 5.02 Å². The molecule has 6 heteroatoms. The standard InChI is InChI=1S/C18H15ClFNO3/c19-15-6-3-12-7-8-24-17(12)16(15)18(23)21-14(10-22)9-11-1-4-13(20)5-2-11/h1-8,14,22H,9-10H2,(H,21,23). The van der Waals surface area contributed by atoms with Gasteiger partial charge < -0.3 is 14.8 Å². The van der Waals surface area contributed by atoms with E-state index in [9.17, 15) is 14.3 Å². The van der Waals surface area contributed by atoms with E-state index in [0.29, 0.717) is 12.0 Å². The highest BCUT2D eigenvalue weighted by molar-refractivity contribution is 6.35. The Kier molecular flexibility index (Phi) is 4.83. The Hall–Kier alpha value is -2.37. The van der Waals surface area contributed by atoms with Crippen LogP contribution in [0.4, 0.5) is 4.39 Å². The second kappa shape index (κ2) is 7.03. The summed E-state index contributed by atoms with van der Waals surface area (Å²) >= 11 is 6.13. The molecule has 0 saturated carbocycles. The summed E-state index contributed by atoms with van der Waals surface area (Å²) in [6.07, 6.45) is 1.86. The highest BCUT2D eigenvalue weighted by Gasteiger charge is 2.20. The lowest BCUT2D eigenvalue weighted by molar-refractivity contribution is 0.0917. The van der Waals surface area contributed by atoms with Crippen LogP contribution in [0.25, 0.3) is 11.0 Å². The van der Waals surface area contributed by atoms with Crippen LogP contribution in [0.1, 0.15) is 15.9 Å². The van der Waals surface area contributed by atoms with Crippen LogP contribution in [-0.2, 0) is 6.42 Å². The van der Waals surface area contributed by atoms with E-state index in [2.05, 4.69) is 5.32 Å². The normalized spacial score (nSPS) is 12.3. The van der Waals surface area contributed by atoms with E-state index < -0.39 is 11.9 Å². The zero-order valence-corrected chi connectivity index (χ0v) is 13.4. The van der Waals surface area contributed by atoms with Gasteiger partial charge in [0.2, 0.25) is 0 Å². The highest BCUT2D eigenvalue weighted by atomic mass is 35.5. The lowest BCUT2D eigenvalue weighted by Crippen LogP contribution is -2.39. The van der Waals surface area contributed by atoms with Gasteiger partial charge in [0.1, 0.15) is 17.0 Å². The maximum absolute atomic E-state index is 13.0. The summed E-state index contributed by atoms with van der Waals surface area (Å²) in [4.78, 5) is 12.6. The number of fused-ring (bicyclic) bond motifs is 1. The van der Waals surface area contributed by atoms with Crippen molar-refractivity contribution >= 4 is 28.5 Å². The van der Waals surface area contributed by atoms with Gasteiger partial charge in [0.05, 0.1) is 23.9 Å². The molecule has 0 saturated heterocycles. The van der Waals surface area contributed by atoms with E-state index in [1.54, 1.807) is 30.3 Å². The van der Waals surface area contributed by atoms with E-state index in [1.807, 2.05) is 0 Å². The molecule has 2 aromatic carbocycles. The molecule has 1 atom stereocenters. The predicted molar refractivity (Wildman–Crippen MR) is 89.7 cm³/mol. The first kappa shape index (κ1) is 16.5. The number of halogens is 2. The molecule has 1 heterocycles. The Balaban J connectivity index is 1.80. The third-order valence-electron chi connectivity index (χ3n) is 3.75. The van der Waals surface area contributed by atoms with Crippen molar-refractivity contribution in [3.8, 4) is 0 Å². The number of rotatable bonds is 5. The van der Waals surface area contributed by atoms with Gasteiger partial charge in [-0.25, -0.2) is 4.39 Å². The molecule has 1 amide bonds. The smallest absolute Gasteiger partial charge is 0.256 e. The van der Waals surface area contributed by atoms with E-state index in [-0.39, 0.29) is 23.0 Å². The lowest BCUT2D eigenvalue weighted by atomic mass is 10.1. The van der Waals surface area contributed by atoms with Crippen molar-refractivity contribution in [3.05, 3.63) is 70.7 Å². The number of amides is 1. The number of furan rings is 1. The molecule has 4 nitrogen and oxygen atoms in total. The lowest BCUT2D eigenvalue weighted by Gasteiger charge is -2.17. The summed E-state index contributed by atoms with van der Waals surface area (Å²) in [6, 6.07) is 10.5. The summed E-state index contributed by atoms with van der Waals surface area (Å²) < 4.78 is 18.3. The van der Waals surface area contributed by atoms with Crippen LogP contribution in [0.3, 0.4) is 0 Å². The third-order valence-corrected chi connectivity index (χ3v) is 4.06. The van der Waals surface area contributed by atoms with E-state index in [4.69, 9.17) is 16.0 Å². The van der Waals surface area contributed by atoms with Crippen LogP contribution in [-0.4, -0.2) is 23.7 Å². The Morgan fingerprint density at radius 3 is 2.67 bits per heavy atom. The number of aliphatic hydroxyl groups is 1. The Morgan fingerprint density at radius 1 is 1.21 bits per heavy atom. The molecule has 0 aliphatic rings. The number of carbonyl (C=O) groups excluding carboxylic acids is 1. The molecule has 0 bridgehead atoms. The van der Waals surface area contributed by atoms with Gasteiger partial charge in [0, 0.05) is 5.39 Å². The SMILES string of the molecule is O=C(NC(CO)Cc1ccc(F)cc1)c1c(Cl)ccc2ccoc12. The molecular formula is C18H15ClFNO3. The molecule has 0 radical (unpaired) electrons. The summed E-state index contributed by atoms with van der Waals surface area (Å²) in [5, 5.41) is 13.3. The van der Waals surface area contributed by atoms with E-state index in [0.717, 1.165) is 10.9 Å². The molecule has 1 aromatic heterocycles. The molecule has 24 heavy (non-hydrogen) atoms. The molecule has 0 aliphatic carbocycles. The van der Waals surface area contributed by atoms with Crippen molar-refractivity contribution in [2.75, 3.05) is 6.61 Å². The van der Waals surface area contributed by atoms with Gasteiger partial charge >= 0.3 is 0 Å². The maximum atomic E-state index is 13.0. The zero-order chi connectivity index (χ0) is 17.1. The number of nitrogens with one attached hydrogen (secondary N) is 1. The predicted octanol–water partition coefficient (Wildman–Crippen LogP) is 3.56. The average Bonchev–Trinajstić information content (AvgIpc) is 3.04. The Labute approximate surface area is 142 Å². The molecule has 0 spiro atoms. The monoisotopic (exact) mass is 347 g/mol. The minimum atomic E-state index is -0.524. The second-order valence-electron chi connectivity index (χ2n) is 5.44. The molecular weight excluding hydrogens is 333 g/mol. The van der Waals surface area contributed by atoms with Gasteiger partial charge in [-0.15, -0.1) is 0 Å². The summed E-state index contributed by atoms with van der Waals surface area (Å²) in [5.74, 6) is -0.763. The fraction of sp³-hybridized carbons (Fsp3) is 0.167. The largest absolute Gasteiger partial charge is 0.463 e. The number of benzene rings is 2. The van der Waals surface area contributed by atoms with Crippen LogP contribution < -0.4 is 5.32 Å². The fourth-order valence-corrected chi connectivity index (χ4v) is 2.78. The summed E-state index contributed by atoms with van der Waals surface area (Å²) in [7, 11) is 0. The fourth-order valence-electron chi connectivity index (χ4n) is 2.54. The molecule has 1 unspecified atom stereocenters. The Bertz CT molecular complexity index is 860. The van der Waals surface area contributed by atoms with Crippen LogP contribution in [0.15, 0.2) is 53.1 Å². The van der Waals surface area contributed by atoms with E-state index in [1.165, 1.54) is 18.4 Å². The number of hydrogen-bond donors (Lipinski definition) is 2. The van der Waals surface area contributed by atoms with Crippen molar-refractivity contribution in [3.63, 3.8) is 0 Å². The first-order valence-corrected chi connectivity index (χ1v) is 7.78. The maximum Gasteiger partial charge on any atom is 0.256 e. The van der Waals surface area contributed by atoms with Gasteiger partial charge in [-0.1, -0.05) is 23.7 Å². The van der Waals surface area contributed by atoms with Gasteiger partial charge in [-0.05, 0) is 42.3 Å². The Morgan fingerprint density at radius 2 is 1.96 bits per heavy atom. The van der Waals surface area contributed by atoms with Gasteiger partial charge in [0.15, 0.2) is 0 Å². The van der Waals surface area contributed by atoms with E-state index >= 15 is 0 Å². The molecule has 2 N–H and O–H groups in total. The zero-order valence-electron chi connectivity index (χ0n) is 12.6. The number of carbonyl (C=O) groups is 1. The summed E-state index contributed by atoms with van der Waals surface area (Å²) in [6.45, 7) is -0.255. The topological polar surface area (TPSA) is 62.5 Å². The summed E-state index contributed by atoms with van der Waals surface area (Å²) in [5.41, 5.74) is 1.44. The first-order valence-electron chi connectivity index (χ1n) is 7.40. The number of hydrogen-bond acceptors (Lipinski definition) is 3. The van der Waals surface area contributed by atoms with Crippen molar-refractivity contribution < 1.29 is 18.7 Å². The quantitative estimate of drug-likeness (QED) is 0.741. The minimum absolute atomic E-state index is 0.233. The third kappa shape index (κ3) is 3.42. The molecule has 124 valence electrons. The van der Waals surface area contributed by atoms with Crippen LogP contribution in [0, 0.1) is 5.82 Å². The minimum Gasteiger partial charge on any atom is -0.463 e. The molecule has 3 aromatic rings.